The number of thiocarbonyl (C=S) groups is 1. The summed E-state index contributed by atoms with van der Waals surface area (Å²) in [5.41, 5.74) is 5.16. The molecule has 0 saturated heterocycles. The van der Waals surface area contributed by atoms with E-state index >= 15 is 0 Å². The Bertz CT molecular complexity index is 643. The first-order valence-electron chi connectivity index (χ1n) is 5.43. The number of anilines is 2. The lowest BCUT2D eigenvalue weighted by molar-refractivity contribution is -0.137. The molecule has 0 unspecified atom stereocenters. The molecule has 8 heteroatoms. The fraction of sp³-hybridized carbons (Fsp3) is 0.0833. The number of aromatic nitrogens is 2. The fourth-order valence-electron chi connectivity index (χ4n) is 1.52. The molecule has 2 rings (SSSR count). The van der Waals surface area contributed by atoms with E-state index in [1.54, 1.807) is 0 Å². The van der Waals surface area contributed by atoms with Crippen molar-refractivity contribution in [3.63, 3.8) is 0 Å². The van der Waals surface area contributed by atoms with Crippen molar-refractivity contribution in [1.29, 1.82) is 0 Å². The summed E-state index contributed by atoms with van der Waals surface area (Å²) in [5.74, 6) is 0.208. The number of hydrogen-bond donors (Lipinski definition) is 2. The third-order valence-corrected chi connectivity index (χ3v) is 2.58. The summed E-state index contributed by atoms with van der Waals surface area (Å²) in [5, 5.41) is 2.73. The van der Waals surface area contributed by atoms with Gasteiger partial charge in [-0.05, 0) is 18.2 Å². The zero-order valence-corrected chi connectivity index (χ0v) is 10.8. The van der Waals surface area contributed by atoms with Crippen molar-refractivity contribution in [2.24, 2.45) is 5.73 Å². The van der Waals surface area contributed by atoms with Crippen molar-refractivity contribution in [2.75, 3.05) is 5.32 Å². The summed E-state index contributed by atoms with van der Waals surface area (Å²) in [6, 6.07) is 4.73. The Labute approximate surface area is 117 Å². The van der Waals surface area contributed by atoms with E-state index in [1.807, 2.05) is 0 Å². The molecule has 1 aromatic carbocycles. The Hall–Kier alpha value is -2.22. The van der Waals surface area contributed by atoms with Gasteiger partial charge in [-0.3, -0.25) is 0 Å². The van der Waals surface area contributed by atoms with Gasteiger partial charge in [0.25, 0.3) is 0 Å². The molecular formula is C12H9F3N4S. The van der Waals surface area contributed by atoms with Gasteiger partial charge in [0.05, 0.1) is 5.56 Å². The van der Waals surface area contributed by atoms with Crippen LogP contribution in [0.3, 0.4) is 0 Å². The highest BCUT2D eigenvalue weighted by atomic mass is 32.1. The fourth-order valence-corrected chi connectivity index (χ4v) is 1.67. The van der Waals surface area contributed by atoms with Crippen molar-refractivity contribution in [2.45, 2.75) is 6.18 Å². The Morgan fingerprint density at radius 2 is 1.90 bits per heavy atom. The minimum absolute atomic E-state index is 0.00701. The van der Waals surface area contributed by atoms with Crippen molar-refractivity contribution >= 4 is 28.7 Å². The SMILES string of the molecule is NC(=S)c1nccnc1Nc1cccc(C(F)(F)F)c1. The molecule has 0 aliphatic carbocycles. The summed E-state index contributed by atoms with van der Waals surface area (Å²) in [6.45, 7) is 0. The standard InChI is InChI=1S/C12H9F3N4S/c13-12(14,15)7-2-1-3-8(6-7)19-11-9(10(16)20)17-4-5-18-11/h1-6H,(H2,16,20)(H,18,19). The molecule has 0 amide bonds. The van der Waals surface area contributed by atoms with Gasteiger partial charge in [-0.1, -0.05) is 18.3 Å². The summed E-state index contributed by atoms with van der Waals surface area (Å²) in [7, 11) is 0. The van der Waals surface area contributed by atoms with E-state index < -0.39 is 11.7 Å². The second kappa shape index (κ2) is 5.41. The van der Waals surface area contributed by atoms with Crippen molar-refractivity contribution in [3.8, 4) is 0 Å². The largest absolute Gasteiger partial charge is 0.416 e. The van der Waals surface area contributed by atoms with Gasteiger partial charge in [0.15, 0.2) is 5.82 Å². The van der Waals surface area contributed by atoms with Crippen LogP contribution in [0.15, 0.2) is 36.7 Å². The summed E-state index contributed by atoms with van der Waals surface area (Å²) < 4.78 is 37.9. The van der Waals surface area contributed by atoms with Crippen molar-refractivity contribution in [3.05, 3.63) is 47.9 Å². The zero-order chi connectivity index (χ0) is 14.8. The molecule has 0 atom stereocenters. The van der Waals surface area contributed by atoms with Gasteiger partial charge in [0.2, 0.25) is 0 Å². The molecule has 0 spiro atoms. The van der Waals surface area contributed by atoms with Crippen LogP contribution < -0.4 is 11.1 Å². The molecule has 20 heavy (non-hydrogen) atoms. The highest BCUT2D eigenvalue weighted by molar-refractivity contribution is 7.80. The maximum Gasteiger partial charge on any atom is 0.416 e. The van der Waals surface area contributed by atoms with Gasteiger partial charge in [-0.15, -0.1) is 0 Å². The molecule has 2 aromatic rings. The van der Waals surface area contributed by atoms with Crippen LogP contribution in [0.5, 0.6) is 0 Å². The molecule has 0 bridgehead atoms. The lowest BCUT2D eigenvalue weighted by Crippen LogP contribution is -2.15. The summed E-state index contributed by atoms with van der Waals surface area (Å²) in [4.78, 5) is 7.90. The maximum atomic E-state index is 12.6. The van der Waals surface area contributed by atoms with Gasteiger partial charge in [-0.2, -0.15) is 13.2 Å². The lowest BCUT2D eigenvalue weighted by atomic mass is 10.2. The van der Waals surface area contributed by atoms with Gasteiger partial charge in [0.1, 0.15) is 10.7 Å². The van der Waals surface area contributed by atoms with Gasteiger partial charge >= 0.3 is 6.18 Å². The first kappa shape index (κ1) is 14.2. The van der Waals surface area contributed by atoms with Crippen LogP contribution in [-0.4, -0.2) is 15.0 Å². The maximum absolute atomic E-state index is 12.6. The van der Waals surface area contributed by atoms with Gasteiger partial charge < -0.3 is 11.1 Å². The molecule has 3 N–H and O–H groups in total. The number of nitrogens with zero attached hydrogens (tertiary/aromatic N) is 2. The monoisotopic (exact) mass is 298 g/mol. The first-order valence-corrected chi connectivity index (χ1v) is 5.84. The Morgan fingerprint density at radius 1 is 1.20 bits per heavy atom. The smallest absolute Gasteiger partial charge is 0.388 e. The van der Waals surface area contributed by atoms with Gasteiger partial charge in [-0.25, -0.2) is 9.97 Å². The molecule has 104 valence electrons. The zero-order valence-electron chi connectivity index (χ0n) is 9.98. The number of rotatable bonds is 3. The summed E-state index contributed by atoms with van der Waals surface area (Å²) in [6.07, 6.45) is -1.63. The molecule has 0 saturated carbocycles. The highest BCUT2D eigenvalue weighted by Crippen LogP contribution is 2.31. The van der Waals surface area contributed by atoms with E-state index in [2.05, 4.69) is 15.3 Å². The third-order valence-electron chi connectivity index (χ3n) is 2.38. The minimum Gasteiger partial charge on any atom is -0.388 e. The second-order valence-electron chi connectivity index (χ2n) is 3.82. The first-order chi connectivity index (χ1) is 9.38. The van der Waals surface area contributed by atoms with E-state index in [9.17, 15) is 13.2 Å². The second-order valence-corrected chi connectivity index (χ2v) is 4.26. The van der Waals surface area contributed by atoms with Crippen molar-refractivity contribution < 1.29 is 13.2 Å². The molecular weight excluding hydrogens is 289 g/mol. The van der Waals surface area contributed by atoms with E-state index in [-0.39, 0.29) is 22.2 Å². The molecule has 4 nitrogen and oxygen atoms in total. The molecule has 0 fully saturated rings. The normalized spacial score (nSPS) is 11.2. The lowest BCUT2D eigenvalue weighted by Gasteiger charge is -2.11. The minimum atomic E-state index is -4.41. The number of hydrogen-bond acceptors (Lipinski definition) is 4. The van der Waals surface area contributed by atoms with Crippen LogP contribution in [0.2, 0.25) is 0 Å². The van der Waals surface area contributed by atoms with E-state index in [0.29, 0.717) is 0 Å². The molecule has 1 heterocycles. The average molecular weight is 298 g/mol. The number of alkyl halides is 3. The molecule has 0 aliphatic heterocycles. The topological polar surface area (TPSA) is 63.8 Å². The molecule has 1 aromatic heterocycles. The summed E-state index contributed by atoms with van der Waals surface area (Å²) >= 11 is 4.81. The number of nitrogens with two attached hydrogens (primary N) is 1. The van der Waals surface area contributed by atoms with Crippen LogP contribution in [0.4, 0.5) is 24.7 Å². The van der Waals surface area contributed by atoms with Crippen LogP contribution in [0.1, 0.15) is 11.3 Å². The Kier molecular flexibility index (Phi) is 3.84. The predicted molar refractivity (Wildman–Crippen MR) is 72.6 cm³/mol. The van der Waals surface area contributed by atoms with Crippen LogP contribution in [0.25, 0.3) is 0 Å². The third kappa shape index (κ3) is 3.21. The van der Waals surface area contributed by atoms with Crippen LogP contribution >= 0.6 is 12.2 Å². The predicted octanol–water partition coefficient (Wildman–Crippen LogP) is 2.87. The quantitative estimate of drug-likeness (QED) is 0.853. The number of nitrogens with one attached hydrogen (secondary N) is 1. The highest BCUT2D eigenvalue weighted by Gasteiger charge is 2.30. The van der Waals surface area contributed by atoms with Gasteiger partial charge in [0, 0.05) is 18.1 Å². The Balaban J connectivity index is 2.34. The van der Waals surface area contributed by atoms with E-state index in [1.165, 1.54) is 24.5 Å². The van der Waals surface area contributed by atoms with E-state index in [4.69, 9.17) is 18.0 Å². The Morgan fingerprint density at radius 3 is 2.55 bits per heavy atom. The average Bonchev–Trinajstić information content (AvgIpc) is 2.38. The van der Waals surface area contributed by atoms with E-state index in [0.717, 1.165) is 12.1 Å². The number of halogens is 3. The van der Waals surface area contributed by atoms with Crippen LogP contribution in [0, 0.1) is 0 Å². The van der Waals surface area contributed by atoms with Crippen molar-refractivity contribution in [1.82, 2.24) is 9.97 Å². The van der Waals surface area contributed by atoms with Crippen LogP contribution in [-0.2, 0) is 6.18 Å². The molecule has 0 aliphatic rings. The molecule has 0 radical (unpaired) electrons. The number of benzene rings is 1.